The van der Waals surface area contributed by atoms with Gasteiger partial charge in [0.05, 0.1) is 18.8 Å². The van der Waals surface area contributed by atoms with E-state index in [0.717, 1.165) is 24.8 Å². The number of nitrogens with one attached hydrogen (secondary N) is 1. The van der Waals surface area contributed by atoms with Gasteiger partial charge in [0, 0.05) is 36.2 Å². The molecule has 1 aromatic heterocycles. The third-order valence-electron chi connectivity index (χ3n) is 6.63. The van der Waals surface area contributed by atoms with Crippen LogP contribution in [0.3, 0.4) is 0 Å². The highest BCUT2D eigenvalue weighted by molar-refractivity contribution is 6.45. The van der Waals surface area contributed by atoms with E-state index in [2.05, 4.69) is 26.1 Å². The number of para-hydroxylation sites is 1. The lowest BCUT2D eigenvalue weighted by atomic mass is 9.70. The lowest BCUT2D eigenvalue weighted by Crippen LogP contribution is -2.45. The maximum absolute atomic E-state index is 13.1. The molecule has 1 saturated heterocycles. The van der Waals surface area contributed by atoms with Crippen LogP contribution in [0.15, 0.2) is 30.5 Å². The Hall–Kier alpha value is -2.67. The van der Waals surface area contributed by atoms with Crippen LogP contribution in [-0.2, 0) is 20.9 Å². The summed E-state index contributed by atoms with van der Waals surface area (Å²) in [5.74, 6) is -0.625. The van der Waals surface area contributed by atoms with Gasteiger partial charge in [0.1, 0.15) is 6.54 Å². The van der Waals surface area contributed by atoms with Crippen LogP contribution in [0, 0.1) is 11.3 Å². The van der Waals surface area contributed by atoms with Crippen molar-refractivity contribution < 1.29 is 19.1 Å². The van der Waals surface area contributed by atoms with Crippen molar-refractivity contribution in [3.8, 4) is 0 Å². The van der Waals surface area contributed by atoms with E-state index in [0.29, 0.717) is 43.2 Å². The van der Waals surface area contributed by atoms with Crippen molar-refractivity contribution in [2.75, 3.05) is 26.3 Å². The number of hydrogen-bond donors (Lipinski definition) is 1. The normalized spacial score (nSPS) is 23.2. The number of fused-ring (bicyclic) bond motifs is 1. The summed E-state index contributed by atoms with van der Waals surface area (Å²) in [6, 6.07) is 7.43. The van der Waals surface area contributed by atoms with E-state index in [1.165, 1.54) is 0 Å². The molecule has 2 amide bonds. The highest BCUT2D eigenvalue weighted by atomic mass is 16.5. The van der Waals surface area contributed by atoms with Crippen LogP contribution in [0.1, 0.15) is 50.4 Å². The summed E-state index contributed by atoms with van der Waals surface area (Å²) in [6.45, 7) is 8.97. The summed E-state index contributed by atoms with van der Waals surface area (Å²) in [6.07, 6.45) is 4.53. The lowest BCUT2D eigenvalue weighted by Gasteiger charge is -2.39. The topological polar surface area (TPSA) is 80.6 Å². The average molecular weight is 440 g/mol. The fourth-order valence-electron chi connectivity index (χ4n) is 5.45. The summed E-state index contributed by atoms with van der Waals surface area (Å²) in [4.78, 5) is 40.6. The molecule has 1 aromatic carbocycles. The van der Waals surface area contributed by atoms with Crippen LogP contribution in [0.4, 0.5) is 0 Å². The predicted molar refractivity (Wildman–Crippen MR) is 122 cm³/mol. The van der Waals surface area contributed by atoms with Crippen molar-refractivity contribution in [1.82, 2.24) is 14.8 Å². The van der Waals surface area contributed by atoms with Gasteiger partial charge < -0.3 is 19.5 Å². The van der Waals surface area contributed by atoms with Crippen molar-refractivity contribution in [3.05, 3.63) is 36.0 Å². The molecule has 2 heterocycles. The van der Waals surface area contributed by atoms with Gasteiger partial charge in [0.15, 0.2) is 0 Å². The minimum Gasteiger partial charge on any atom is -0.378 e. The number of carbonyl (C=O) groups excluding carboxylic acids is 3. The fourth-order valence-corrected chi connectivity index (χ4v) is 5.45. The highest BCUT2D eigenvalue weighted by Gasteiger charge is 2.34. The van der Waals surface area contributed by atoms with Crippen LogP contribution in [-0.4, -0.2) is 59.4 Å². The summed E-state index contributed by atoms with van der Waals surface area (Å²) >= 11 is 0. The zero-order valence-corrected chi connectivity index (χ0v) is 19.2. The van der Waals surface area contributed by atoms with E-state index in [1.54, 1.807) is 15.7 Å². The third-order valence-corrected chi connectivity index (χ3v) is 6.63. The second-order valence-corrected chi connectivity index (χ2v) is 10.1. The van der Waals surface area contributed by atoms with E-state index in [9.17, 15) is 14.4 Å². The van der Waals surface area contributed by atoms with Crippen molar-refractivity contribution in [2.24, 2.45) is 11.3 Å². The standard InChI is InChI=1S/C25H33N3O4/c1-17-12-18(14-25(2,3)13-17)26-24(31)23(30)20-15-28(21-7-5-4-6-19(20)21)16-22(29)27-8-10-32-11-9-27/h4-7,15,17-18H,8-14,16H2,1-3H3,(H,26,31). The van der Waals surface area contributed by atoms with Gasteiger partial charge in [-0.2, -0.15) is 0 Å². The van der Waals surface area contributed by atoms with Crippen LogP contribution in [0.25, 0.3) is 10.9 Å². The molecule has 2 atom stereocenters. The highest BCUT2D eigenvalue weighted by Crippen LogP contribution is 2.38. The smallest absolute Gasteiger partial charge is 0.292 e. The molecule has 2 fully saturated rings. The molecule has 1 aliphatic heterocycles. The molecule has 1 aliphatic carbocycles. The number of aromatic nitrogens is 1. The van der Waals surface area contributed by atoms with Crippen LogP contribution >= 0.6 is 0 Å². The molecule has 7 heteroatoms. The zero-order chi connectivity index (χ0) is 22.9. The van der Waals surface area contributed by atoms with Crippen molar-refractivity contribution in [2.45, 2.75) is 52.6 Å². The van der Waals surface area contributed by atoms with Crippen molar-refractivity contribution in [3.63, 3.8) is 0 Å². The van der Waals surface area contributed by atoms with Crippen LogP contribution < -0.4 is 5.32 Å². The minimum atomic E-state index is -0.567. The van der Waals surface area contributed by atoms with Gasteiger partial charge in [-0.1, -0.05) is 39.0 Å². The molecule has 0 spiro atoms. The maximum Gasteiger partial charge on any atom is 0.292 e. The Kier molecular flexibility index (Phi) is 6.38. The Balaban J connectivity index is 1.52. The second kappa shape index (κ2) is 9.06. The predicted octanol–water partition coefficient (Wildman–Crippen LogP) is 3.01. The molecule has 0 bridgehead atoms. The number of ketones is 1. The van der Waals surface area contributed by atoms with Crippen molar-refractivity contribution >= 4 is 28.5 Å². The van der Waals surface area contributed by atoms with Gasteiger partial charge in [-0.05, 0) is 36.7 Å². The SMILES string of the molecule is CC1CC(NC(=O)C(=O)c2cn(CC(=O)N3CCOCC3)c3ccccc23)CC(C)(C)C1. The molecular formula is C25H33N3O4. The van der Waals surface area contributed by atoms with Gasteiger partial charge in [0.25, 0.3) is 11.7 Å². The Morgan fingerprint density at radius 3 is 2.56 bits per heavy atom. The van der Waals surface area contributed by atoms with E-state index >= 15 is 0 Å². The van der Waals surface area contributed by atoms with E-state index in [1.807, 2.05) is 24.3 Å². The number of ether oxygens (including phenoxy) is 1. The number of benzene rings is 1. The third kappa shape index (κ3) is 4.88. The molecule has 2 unspecified atom stereocenters. The van der Waals surface area contributed by atoms with Gasteiger partial charge in [-0.25, -0.2) is 0 Å². The second-order valence-electron chi connectivity index (χ2n) is 10.1. The molecule has 32 heavy (non-hydrogen) atoms. The van der Waals surface area contributed by atoms with E-state index in [-0.39, 0.29) is 23.9 Å². The molecule has 2 aliphatic rings. The number of Topliss-reactive ketones (excluding diaryl/α,β-unsaturated/α-hetero) is 1. The molecule has 4 rings (SSSR count). The quantitative estimate of drug-likeness (QED) is 0.574. The van der Waals surface area contributed by atoms with Gasteiger partial charge in [-0.3, -0.25) is 14.4 Å². The number of carbonyl (C=O) groups is 3. The van der Waals surface area contributed by atoms with E-state index < -0.39 is 11.7 Å². The maximum atomic E-state index is 13.1. The van der Waals surface area contributed by atoms with Crippen LogP contribution in [0.5, 0.6) is 0 Å². The number of amides is 2. The Bertz CT molecular complexity index is 1020. The van der Waals surface area contributed by atoms with Gasteiger partial charge in [-0.15, -0.1) is 0 Å². The molecule has 172 valence electrons. The molecule has 7 nitrogen and oxygen atoms in total. The average Bonchev–Trinajstić information content (AvgIpc) is 3.10. The van der Waals surface area contributed by atoms with E-state index in [4.69, 9.17) is 4.74 Å². The number of morpholine rings is 1. The Morgan fingerprint density at radius 2 is 1.84 bits per heavy atom. The Morgan fingerprint density at radius 1 is 1.12 bits per heavy atom. The molecule has 2 aromatic rings. The van der Waals surface area contributed by atoms with Gasteiger partial charge >= 0.3 is 0 Å². The Labute approximate surface area is 189 Å². The number of nitrogens with zero attached hydrogens (tertiary/aromatic N) is 2. The first-order chi connectivity index (χ1) is 15.2. The first-order valence-corrected chi connectivity index (χ1v) is 11.5. The summed E-state index contributed by atoms with van der Waals surface area (Å²) < 4.78 is 7.10. The monoisotopic (exact) mass is 439 g/mol. The molecular weight excluding hydrogens is 406 g/mol. The zero-order valence-electron chi connectivity index (χ0n) is 19.2. The van der Waals surface area contributed by atoms with Crippen LogP contribution in [0.2, 0.25) is 0 Å². The first kappa shape index (κ1) is 22.5. The van der Waals surface area contributed by atoms with Crippen molar-refractivity contribution in [1.29, 1.82) is 0 Å². The van der Waals surface area contributed by atoms with Gasteiger partial charge in [0.2, 0.25) is 5.91 Å². The minimum absolute atomic E-state index is 0.00134. The summed E-state index contributed by atoms with van der Waals surface area (Å²) in [5, 5.41) is 3.68. The number of hydrogen-bond acceptors (Lipinski definition) is 4. The number of rotatable bonds is 5. The molecule has 0 radical (unpaired) electrons. The fraction of sp³-hybridized carbons (Fsp3) is 0.560. The largest absolute Gasteiger partial charge is 0.378 e. The molecule has 1 N–H and O–H groups in total. The summed E-state index contributed by atoms with van der Waals surface area (Å²) in [7, 11) is 0. The first-order valence-electron chi connectivity index (χ1n) is 11.5. The molecule has 1 saturated carbocycles. The summed E-state index contributed by atoms with van der Waals surface area (Å²) in [5.41, 5.74) is 1.27. The lowest BCUT2D eigenvalue weighted by molar-refractivity contribution is -0.135.